The molecule has 1 rings (SSSR count). The van der Waals surface area contributed by atoms with Crippen molar-refractivity contribution in [2.75, 3.05) is 13.2 Å². The van der Waals surface area contributed by atoms with Crippen LogP contribution in [0.3, 0.4) is 0 Å². The number of hydrogen-bond donors (Lipinski definition) is 9. The van der Waals surface area contributed by atoms with E-state index >= 15 is 0 Å². The highest BCUT2D eigenvalue weighted by molar-refractivity contribution is 5.96. The van der Waals surface area contributed by atoms with E-state index in [9.17, 15) is 24.0 Å². The first-order valence-corrected chi connectivity index (χ1v) is 10.5. The first kappa shape index (κ1) is 28.5. The summed E-state index contributed by atoms with van der Waals surface area (Å²) in [5.74, 6) is -4.99. The molecule has 0 spiro atoms. The van der Waals surface area contributed by atoms with Crippen LogP contribution in [0.4, 0.5) is 0 Å². The number of carbonyl (C=O) groups excluding carboxylic acids is 4. The summed E-state index contributed by atoms with van der Waals surface area (Å²) in [6.45, 7) is -0.472. The lowest BCUT2D eigenvalue weighted by molar-refractivity contribution is -0.143. The van der Waals surface area contributed by atoms with Crippen molar-refractivity contribution in [3.8, 4) is 0 Å². The molecule has 0 saturated carbocycles. The Morgan fingerprint density at radius 1 is 1.00 bits per heavy atom. The molecule has 0 radical (unpaired) electrons. The van der Waals surface area contributed by atoms with Gasteiger partial charge in [-0.3, -0.25) is 19.2 Å². The summed E-state index contributed by atoms with van der Waals surface area (Å²) in [7, 11) is 0. The Labute approximate surface area is 195 Å². The first-order valence-electron chi connectivity index (χ1n) is 10.5. The van der Waals surface area contributed by atoms with Gasteiger partial charge in [0.05, 0.1) is 25.4 Å². The Morgan fingerprint density at radius 3 is 2.15 bits per heavy atom. The average molecular weight is 485 g/mol. The number of aromatic amines is 1. The zero-order valence-corrected chi connectivity index (χ0v) is 18.5. The molecule has 34 heavy (non-hydrogen) atoms. The van der Waals surface area contributed by atoms with Gasteiger partial charge in [0.25, 0.3) is 0 Å². The third-order valence-electron chi connectivity index (χ3n) is 4.75. The molecular weight excluding hydrogens is 452 g/mol. The number of H-pyrrole nitrogens is 1. The number of unbranched alkanes of at least 4 members (excludes halogenated alkanes) is 1. The van der Waals surface area contributed by atoms with E-state index in [0.29, 0.717) is 31.5 Å². The zero-order valence-electron chi connectivity index (χ0n) is 18.5. The molecule has 0 bridgehead atoms. The summed E-state index contributed by atoms with van der Waals surface area (Å²) in [5.41, 5.74) is 17.0. The van der Waals surface area contributed by atoms with Crippen molar-refractivity contribution in [2.24, 2.45) is 17.2 Å². The van der Waals surface area contributed by atoms with Crippen molar-refractivity contribution in [3.63, 3.8) is 0 Å². The fourth-order valence-corrected chi connectivity index (χ4v) is 2.88. The molecule has 190 valence electrons. The van der Waals surface area contributed by atoms with E-state index in [1.165, 1.54) is 12.5 Å². The predicted molar refractivity (Wildman–Crippen MR) is 117 cm³/mol. The lowest BCUT2D eigenvalue weighted by atomic mass is 10.1. The van der Waals surface area contributed by atoms with Crippen molar-refractivity contribution in [2.45, 2.75) is 56.3 Å². The lowest BCUT2D eigenvalue weighted by Crippen LogP contribution is -2.58. The van der Waals surface area contributed by atoms with Crippen LogP contribution >= 0.6 is 0 Å². The number of aliphatic hydroxyl groups is 1. The highest BCUT2D eigenvalue weighted by Gasteiger charge is 2.31. The zero-order chi connectivity index (χ0) is 25.7. The Hall–Kier alpha value is -3.56. The van der Waals surface area contributed by atoms with E-state index in [0.717, 1.165) is 0 Å². The number of carbonyl (C=O) groups is 5. The van der Waals surface area contributed by atoms with Gasteiger partial charge in [0.15, 0.2) is 0 Å². The molecule has 0 aliphatic heterocycles. The van der Waals surface area contributed by atoms with Crippen LogP contribution in [0.2, 0.25) is 0 Å². The number of aromatic nitrogens is 2. The minimum absolute atomic E-state index is 0.0492. The summed E-state index contributed by atoms with van der Waals surface area (Å²) < 4.78 is 0. The van der Waals surface area contributed by atoms with Gasteiger partial charge < -0.3 is 48.3 Å². The van der Waals surface area contributed by atoms with Gasteiger partial charge in [-0.15, -0.1) is 0 Å². The third-order valence-corrected chi connectivity index (χ3v) is 4.75. The van der Waals surface area contributed by atoms with Crippen LogP contribution in [-0.2, 0) is 30.4 Å². The number of aliphatic carboxylic acids is 1. The third kappa shape index (κ3) is 9.93. The number of amides is 4. The minimum atomic E-state index is -1.66. The van der Waals surface area contributed by atoms with Crippen molar-refractivity contribution >= 4 is 29.6 Å². The van der Waals surface area contributed by atoms with E-state index < -0.39 is 66.8 Å². The number of hydrogen-bond acceptors (Lipinski definition) is 9. The van der Waals surface area contributed by atoms with Crippen LogP contribution < -0.4 is 33.2 Å². The molecule has 0 aliphatic rings. The van der Waals surface area contributed by atoms with Crippen molar-refractivity contribution in [1.82, 2.24) is 25.9 Å². The number of nitrogens with two attached hydrogens (primary N) is 3. The van der Waals surface area contributed by atoms with Gasteiger partial charge in [-0.05, 0) is 19.4 Å². The Balaban J connectivity index is 2.98. The molecule has 1 heterocycles. The van der Waals surface area contributed by atoms with Crippen molar-refractivity contribution in [1.29, 1.82) is 0 Å². The van der Waals surface area contributed by atoms with E-state index in [1.54, 1.807) is 0 Å². The average Bonchev–Trinajstić information content (AvgIpc) is 3.28. The molecule has 0 fully saturated rings. The lowest BCUT2D eigenvalue weighted by Gasteiger charge is -2.24. The molecule has 0 aromatic carbocycles. The van der Waals surface area contributed by atoms with Crippen LogP contribution in [0.5, 0.6) is 0 Å². The van der Waals surface area contributed by atoms with E-state index in [1.807, 2.05) is 5.32 Å². The number of aliphatic hydroxyl groups excluding tert-OH is 1. The number of carboxylic acids is 1. The van der Waals surface area contributed by atoms with Crippen molar-refractivity contribution < 1.29 is 34.2 Å². The minimum Gasteiger partial charge on any atom is -0.480 e. The van der Waals surface area contributed by atoms with Gasteiger partial charge in [0, 0.05) is 18.3 Å². The molecule has 1 aromatic heterocycles. The molecule has 4 atom stereocenters. The van der Waals surface area contributed by atoms with Crippen LogP contribution in [-0.4, -0.2) is 87.1 Å². The van der Waals surface area contributed by atoms with E-state index in [4.69, 9.17) is 27.4 Å². The Bertz CT molecular complexity index is 833. The van der Waals surface area contributed by atoms with Crippen LogP contribution in [0, 0.1) is 0 Å². The Morgan fingerprint density at radius 2 is 1.62 bits per heavy atom. The highest BCUT2D eigenvalue weighted by atomic mass is 16.4. The SMILES string of the molecule is NCCCCC(N)C(=O)NC(Cc1cnc[nH]1)C(=O)NC(CC(N)=O)C(=O)NC(CO)C(=O)O. The van der Waals surface area contributed by atoms with Crippen LogP contribution in [0.25, 0.3) is 0 Å². The number of carboxylic acid groups (broad SMARTS) is 1. The van der Waals surface area contributed by atoms with Gasteiger partial charge in [-0.2, -0.15) is 0 Å². The molecule has 1 aromatic rings. The standard InChI is InChI=1S/C19H32N8O7/c20-4-2-1-3-11(21)16(30)25-12(5-10-7-23-9-24-10)17(31)26-13(6-15(22)29)18(32)27-14(8-28)19(33)34/h7,9,11-14,28H,1-6,8,20-21H2,(H2,22,29)(H,23,24)(H,25,30)(H,26,31)(H,27,32)(H,33,34). The maximum atomic E-state index is 13.0. The summed E-state index contributed by atoms with van der Waals surface area (Å²) in [6, 6.07) is -5.34. The maximum absolute atomic E-state index is 13.0. The van der Waals surface area contributed by atoms with E-state index in [2.05, 4.69) is 20.6 Å². The second kappa shape index (κ2) is 14.6. The topological polar surface area (TPSA) is 269 Å². The van der Waals surface area contributed by atoms with Crippen molar-refractivity contribution in [3.05, 3.63) is 18.2 Å². The first-order chi connectivity index (χ1) is 16.1. The normalized spacial score (nSPS) is 14.3. The second-order valence-corrected chi connectivity index (χ2v) is 7.55. The number of primary amides is 1. The maximum Gasteiger partial charge on any atom is 0.328 e. The molecule has 15 heteroatoms. The molecule has 0 saturated heterocycles. The monoisotopic (exact) mass is 484 g/mol. The molecule has 15 nitrogen and oxygen atoms in total. The second-order valence-electron chi connectivity index (χ2n) is 7.55. The fourth-order valence-electron chi connectivity index (χ4n) is 2.88. The smallest absolute Gasteiger partial charge is 0.328 e. The predicted octanol–water partition coefficient (Wildman–Crippen LogP) is -4.18. The number of imidazole rings is 1. The number of nitrogens with one attached hydrogen (secondary N) is 4. The molecule has 12 N–H and O–H groups in total. The van der Waals surface area contributed by atoms with Gasteiger partial charge in [0.2, 0.25) is 23.6 Å². The largest absolute Gasteiger partial charge is 0.480 e. The van der Waals surface area contributed by atoms with Crippen LogP contribution in [0.15, 0.2) is 12.5 Å². The van der Waals surface area contributed by atoms with Gasteiger partial charge >= 0.3 is 5.97 Å². The van der Waals surface area contributed by atoms with Gasteiger partial charge in [-0.25, -0.2) is 9.78 Å². The number of nitrogens with zero attached hydrogens (tertiary/aromatic N) is 1. The van der Waals surface area contributed by atoms with Crippen LogP contribution in [0.1, 0.15) is 31.4 Å². The fraction of sp³-hybridized carbons (Fsp3) is 0.579. The summed E-state index contributed by atoms with van der Waals surface area (Å²) in [6.07, 6.45) is 3.72. The molecular formula is C19H32N8O7. The molecule has 0 aliphatic carbocycles. The summed E-state index contributed by atoms with van der Waals surface area (Å²) in [5, 5.41) is 24.9. The summed E-state index contributed by atoms with van der Waals surface area (Å²) in [4.78, 5) is 67.1. The molecule has 4 unspecified atom stereocenters. The van der Waals surface area contributed by atoms with Gasteiger partial charge in [0.1, 0.15) is 18.1 Å². The Kier molecular flexibility index (Phi) is 12.2. The highest BCUT2D eigenvalue weighted by Crippen LogP contribution is 2.04. The molecule has 4 amide bonds. The van der Waals surface area contributed by atoms with Gasteiger partial charge in [-0.1, -0.05) is 6.42 Å². The van der Waals surface area contributed by atoms with E-state index in [-0.39, 0.29) is 6.42 Å². The summed E-state index contributed by atoms with van der Waals surface area (Å²) >= 11 is 0. The number of rotatable bonds is 16. The quantitative estimate of drug-likeness (QED) is 0.102.